The van der Waals surface area contributed by atoms with E-state index in [9.17, 15) is 0 Å². The SMILES string of the molecule is [Fe+2].[Fe+2].[S-2].[S-2]. The van der Waals surface area contributed by atoms with Crippen LogP contribution in [-0.2, 0) is 61.1 Å². The van der Waals surface area contributed by atoms with Crippen molar-refractivity contribution >= 4 is 27.0 Å². The Hall–Kier alpha value is 1.74. The average molecular weight is 176 g/mol. The van der Waals surface area contributed by atoms with Gasteiger partial charge in [-0.2, -0.15) is 0 Å². The van der Waals surface area contributed by atoms with E-state index >= 15 is 0 Å². The van der Waals surface area contributed by atoms with Crippen molar-refractivity contribution < 1.29 is 34.1 Å². The largest absolute Gasteiger partial charge is 2.00 e. The first-order valence-electron chi connectivity index (χ1n) is 0. The zero-order chi connectivity index (χ0) is 0. The van der Waals surface area contributed by atoms with Crippen molar-refractivity contribution in [2.75, 3.05) is 0 Å². The van der Waals surface area contributed by atoms with Gasteiger partial charge in [0.1, 0.15) is 0 Å². The van der Waals surface area contributed by atoms with Crippen molar-refractivity contribution in [3.8, 4) is 0 Å². The van der Waals surface area contributed by atoms with Gasteiger partial charge in [0.05, 0.1) is 0 Å². The normalized spacial score (nSPS) is 0. The Morgan fingerprint density at radius 1 is 0.500 bits per heavy atom. The van der Waals surface area contributed by atoms with E-state index in [0.717, 1.165) is 0 Å². The molecule has 0 amide bonds. The summed E-state index contributed by atoms with van der Waals surface area (Å²) < 4.78 is 0. The molecule has 4 heteroatoms. The Kier molecular flexibility index (Phi) is 233. The van der Waals surface area contributed by atoms with Gasteiger partial charge in [0, 0.05) is 0 Å². The van der Waals surface area contributed by atoms with E-state index in [-0.39, 0.29) is 61.1 Å². The third-order valence-electron chi connectivity index (χ3n) is 0. The van der Waals surface area contributed by atoms with Crippen molar-refractivity contribution in [2.24, 2.45) is 0 Å². The molecular weight excluding hydrogens is 176 g/mol. The topological polar surface area (TPSA) is 0 Å². The van der Waals surface area contributed by atoms with Gasteiger partial charge in [-0.15, -0.1) is 0 Å². The number of rotatable bonds is 0. The fourth-order valence-corrected chi connectivity index (χ4v) is 0. The third-order valence-corrected chi connectivity index (χ3v) is 0. The molecule has 0 bridgehead atoms. The molecule has 0 atom stereocenters. The van der Waals surface area contributed by atoms with Gasteiger partial charge in [0.15, 0.2) is 0 Å². The summed E-state index contributed by atoms with van der Waals surface area (Å²) in [4.78, 5) is 0. The fraction of sp³-hybridized carbons (Fsp3) is 0. The van der Waals surface area contributed by atoms with Gasteiger partial charge in [0.2, 0.25) is 0 Å². The van der Waals surface area contributed by atoms with Crippen LogP contribution in [0.3, 0.4) is 0 Å². The minimum atomic E-state index is 0. The fourth-order valence-electron chi connectivity index (χ4n) is 0. The number of hydrogen-bond acceptors (Lipinski definition) is 0. The van der Waals surface area contributed by atoms with Gasteiger partial charge in [-0.05, 0) is 0 Å². The van der Waals surface area contributed by atoms with Crippen LogP contribution in [-0.4, -0.2) is 0 Å². The van der Waals surface area contributed by atoms with Crippen LogP contribution in [0, 0.1) is 0 Å². The summed E-state index contributed by atoms with van der Waals surface area (Å²) in [5.41, 5.74) is 0. The van der Waals surface area contributed by atoms with Gasteiger partial charge in [-0.25, -0.2) is 0 Å². The Balaban J connectivity index is 0. The zero-order valence-electron chi connectivity index (χ0n) is 1.52. The Morgan fingerprint density at radius 3 is 0.500 bits per heavy atom. The Morgan fingerprint density at radius 2 is 0.500 bits per heavy atom. The van der Waals surface area contributed by atoms with Gasteiger partial charge < -0.3 is 27.0 Å². The van der Waals surface area contributed by atoms with Crippen LogP contribution < -0.4 is 0 Å². The van der Waals surface area contributed by atoms with Gasteiger partial charge in [0.25, 0.3) is 0 Å². The van der Waals surface area contributed by atoms with Crippen molar-refractivity contribution in [2.45, 2.75) is 0 Å². The molecule has 0 aromatic heterocycles. The molecule has 0 rings (SSSR count). The first-order valence-corrected chi connectivity index (χ1v) is 0. The van der Waals surface area contributed by atoms with Crippen LogP contribution in [0.5, 0.6) is 0 Å². The van der Waals surface area contributed by atoms with E-state index in [1.165, 1.54) is 0 Å². The van der Waals surface area contributed by atoms with E-state index in [1.807, 2.05) is 0 Å². The Labute approximate surface area is 60.9 Å². The van der Waals surface area contributed by atoms with Crippen LogP contribution >= 0.6 is 0 Å². The van der Waals surface area contributed by atoms with Crippen LogP contribution in [0.25, 0.3) is 0 Å². The summed E-state index contributed by atoms with van der Waals surface area (Å²) >= 11 is 0. The van der Waals surface area contributed by atoms with Crippen LogP contribution in [0.4, 0.5) is 0 Å². The second kappa shape index (κ2) is 21.9. The van der Waals surface area contributed by atoms with Gasteiger partial charge >= 0.3 is 34.1 Å². The standard InChI is InChI=1S/2Fe.2S/q2*+2;2*-2. The molecular formula is Fe2S2. The minimum Gasteiger partial charge on any atom is -2.00 e. The first kappa shape index (κ1) is 42.6. The average Bonchev–Trinajstić information content (AvgIpc) is 0. The second-order valence-corrected chi connectivity index (χ2v) is 0. The summed E-state index contributed by atoms with van der Waals surface area (Å²) in [6.45, 7) is 0. The summed E-state index contributed by atoms with van der Waals surface area (Å²) in [6, 6.07) is 0. The Bertz CT molecular complexity index is 4.00. The second-order valence-electron chi connectivity index (χ2n) is 0. The van der Waals surface area contributed by atoms with Crippen LogP contribution in [0.2, 0.25) is 0 Å². The smallest absolute Gasteiger partial charge is 2.00 e. The number of hydrogen-bond donors (Lipinski definition) is 0. The van der Waals surface area contributed by atoms with Crippen molar-refractivity contribution in [3.05, 3.63) is 0 Å². The third kappa shape index (κ3) is 9.28. The molecule has 0 unspecified atom stereocenters. The molecule has 0 radical (unpaired) electrons. The summed E-state index contributed by atoms with van der Waals surface area (Å²) in [7, 11) is 0. The van der Waals surface area contributed by atoms with Crippen LogP contribution in [0.15, 0.2) is 0 Å². The molecule has 0 heterocycles. The maximum Gasteiger partial charge on any atom is 2.00 e. The van der Waals surface area contributed by atoms with Gasteiger partial charge in [-0.3, -0.25) is 0 Å². The molecule has 0 aliphatic carbocycles. The van der Waals surface area contributed by atoms with Gasteiger partial charge in [-0.1, -0.05) is 0 Å². The predicted octanol–water partition coefficient (Wildman–Crippen LogP) is -0.00980. The molecule has 0 fully saturated rings. The summed E-state index contributed by atoms with van der Waals surface area (Å²) in [5.74, 6) is 0. The molecule has 0 nitrogen and oxygen atoms in total. The molecule has 0 saturated heterocycles. The molecule has 0 aromatic carbocycles. The molecule has 0 N–H and O–H groups in total. The quantitative estimate of drug-likeness (QED) is 0.455. The van der Waals surface area contributed by atoms with E-state index in [4.69, 9.17) is 0 Å². The molecule has 0 aromatic rings. The van der Waals surface area contributed by atoms with Crippen LogP contribution in [0.1, 0.15) is 0 Å². The molecule has 4 heavy (non-hydrogen) atoms. The zero-order valence-corrected chi connectivity index (χ0v) is 5.36. The maximum absolute atomic E-state index is 0. The summed E-state index contributed by atoms with van der Waals surface area (Å²) in [5, 5.41) is 0. The maximum atomic E-state index is 0. The minimum absolute atomic E-state index is 0. The molecule has 0 saturated carbocycles. The molecule has 28 valence electrons. The molecule has 0 spiro atoms. The monoisotopic (exact) mass is 176 g/mol. The van der Waals surface area contributed by atoms with Crippen molar-refractivity contribution in [1.82, 2.24) is 0 Å². The van der Waals surface area contributed by atoms with E-state index in [1.54, 1.807) is 0 Å². The predicted molar refractivity (Wildman–Crippen MR) is 14.7 cm³/mol. The summed E-state index contributed by atoms with van der Waals surface area (Å²) in [6.07, 6.45) is 0. The first-order chi connectivity index (χ1) is 0. The molecule has 0 aliphatic heterocycles. The van der Waals surface area contributed by atoms with Crippen molar-refractivity contribution in [1.29, 1.82) is 0 Å². The van der Waals surface area contributed by atoms with E-state index in [0.29, 0.717) is 0 Å². The van der Waals surface area contributed by atoms with E-state index < -0.39 is 0 Å². The van der Waals surface area contributed by atoms with E-state index in [2.05, 4.69) is 0 Å². The molecule has 0 aliphatic rings. The van der Waals surface area contributed by atoms with Crippen molar-refractivity contribution in [3.63, 3.8) is 0 Å².